The summed E-state index contributed by atoms with van der Waals surface area (Å²) in [4.78, 5) is 0. The van der Waals surface area contributed by atoms with Crippen LogP contribution in [0.3, 0.4) is 0 Å². The average molecular weight is 275 g/mol. The molecule has 0 bridgehead atoms. The van der Waals surface area contributed by atoms with E-state index in [4.69, 9.17) is 10.00 Å². The smallest absolute Gasteiger partial charge is 0.163 e. The van der Waals surface area contributed by atoms with Crippen molar-refractivity contribution in [2.24, 2.45) is 0 Å². The third-order valence-corrected chi connectivity index (χ3v) is 3.21. The summed E-state index contributed by atoms with van der Waals surface area (Å²) in [7, 11) is 1.63. The fourth-order valence-electron chi connectivity index (χ4n) is 2.25. The fourth-order valence-corrected chi connectivity index (χ4v) is 2.25. The molecule has 0 aliphatic rings. The van der Waals surface area contributed by atoms with E-state index in [1.807, 2.05) is 54.6 Å². The van der Waals surface area contributed by atoms with Crippen LogP contribution in [0, 0.1) is 11.3 Å². The topological polar surface area (TPSA) is 50.8 Å². The second kappa shape index (κ2) is 5.51. The first-order chi connectivity index (χ1) is 10.3. The highest BCUT2D eigenvalue weighted by atomic mass is 16.5. The largest absolute Gasteiger partial charge is 0.496 e. The van der Waals surface area contributed by atoms with Gasteiger partial charge in [0.2, 0.25) is 0 Å². The first-order valence-corrected chi connectivity index (χ1v) is 6.52. The van der Waals surface area contributed by atoms with Crippen LogP contribution in [-0.4, -0.2) is 16.9 Å². The van der Waals surface area contributed by atoms with Gasteiger partial charge in [-0.15, -0.1) is 0 Å². The third kappa shape index (κ3) is 2.37. The first kappa shape index (κ1) is 12.9. The van der Waals surface area contributed by atoms with Crippen LogP contribution in [0.15, 0.2) is 60.7 Å². The zero-order chi connectivity index (χ0) is 14.7. The van der Waals surface area contributed by atoms with Gasteiger partial charge in [-0.1, -0.05) is 30.3 Å². The van der Waals surface area contributed by atoms with Crippen LogP contribution < -0.4 is 4.74 Å². The molecule has 3 aromatic rings. The molecule has 0 saturated carbocycles. The molecule has 0 N–H and O–H groups in total. The highest BCUT2D eigenvalue weighted by Gasteiger charge is 2.14. The molecule has 3 rings (SSSR count). The number of methoxy groups -OCH3 is 1. The molecule has 0 aliphatic carbocycles. The number of rotatable bonds is 3. The molecule has 0 fully saturated rings. The number of para-hydroxylation sites is 2. The van der Waals surface area contributed by atoms with Gasteiger partial charge < -0.3 is 4.74 Å². The van der Waals surface area contributed by atoms with Gasteiger partial charge in [0, 0.05) is 11.6 Å². The Kier molecular flexibility index (Phi) is 3.40. The number of ether oxygens (including phenoxy) is 1. The van der Waals surface area contributed by atoms with Crippen molar-refractivity contribution in [3.8, 4) is 28.8 Å². The minimum Gasteiger partial charge on any atom is -0.496 e. The second-order valence-electron chi connectivity index (χ2n) is 4.47. The Morgan fingerprint density at radius 2 is 1.76 bits per heavy atom. The third-order valence-electron chi connectivity index (χ3n) is 3.21. The Morgan fingerprint density at radius 3 is 2.48 bits per heavy atom. The lowest BCUT2D eigenvalue weighted by molar-refractivity contribution is 0.416. The van der Waals surface area contributed by atoms with Crippen LogP contribution in [0.2, 0.25) is 0 Å². The maximum Gasteiger partial charge on any atom is 0.163 e. The Hall–Kier alpha value is -3.06. The second-order valence-corrected chi connectivity index (χ2v) is 4.47. The van der Waals surface area contributed by atoms with Crippen molar-refractivity contribution in [1.82, 2.24) is 9.78 Å². The molecule has 0 aliphatic heterocycles. The van der Waals surface area contributed by atoms with Crippen molar-refractivity contribution in [3.63, 3.8) is 0 Å². The molecule has 2 aromatic carbocycles. The van der Waals surface area contributed by atoms with Crippen molar-refractivity contribution >= 4 is 0 Å². The average Bonchev–Trinajstić information content (AvgIpc) is 3.00. The lowest BCUT2D eigenvalue weighted by Gasteiger charge is -2.10. The molecule has 0 radical (unpaired) electrons. The molecule has 0 unspecified atom stereocenters. The molecule has 21 heavy (non-hydrogen) atoms. The van der Waals surface area contributed by atoms with Crippen LogP contribution in [0.1, 0.15) is 5.69 Å². The highest BCUT2D eigenvalue weighted by molar-refractivity contribution is 5.70. The Balaban J connectivity index is 2.23. The summed E-state index contributed by atoms with van der Waals surface area (Å²) in [6, 6.07) is 21.3. The molecule has 1 heterocycles. The summed E-state index contributed by atoms with van der Waals surface area (Å²) in [5.41, 5.74) is 3.01. The zero-order valence-corrected chi connectivity index (χ0v) is 11.5. The van der Waals surface area contributed by atoms with Gasteiger partial charge in [0.05, 0.1) is 18.5 Å². The van der Waals surface area contributed by atoms with Gasteiger partial charge in [0.25, 0.3) is 0 Å². The predicted octanol–water partition coefficient (Wildman–Crippen LogP) is 3.42. The SMILES string of the molecule is COc1ccccc1-c1cc(C#N)nn1-c1ccccc1. The number of hydrogen-bond acceptors (Lipinski definition) is 3. The van der Waals surface area contributed by atoms with Gasteiger partial charge in [-0.25, -0.2) is 4.68 Å². The van der Waals surface area contributed by atoms with Crippen LogP contribution >= 0.6 is 0 Å². The summed E-state index contributed by atoms with van der Waals surface area (Å²) >= 11 is 0. The molecule has 0 spiro atoms. The molecule has 0 saturated heterocycles. The van der Waals surface area contributed by atoms with Crippen LogP contribution in [0.5, 0.6) is 5.75 Å². The molecule has 102 valence electrons. The van der Waals surface area contributed by atoms with Crippen molar-refractivity contribution in [3.05, 3.63) is 66.4 Å². The van der Waals surface area contributed by atoms with Crippen molar-refractivity contribution < 1.29 is 4.74 Å². The standard InChI is InChI=1S/C17H13N3O/c1-21-17-10-6-5-9-15(17)16-11-13(12-18)19-20(16)14-7-3-2-4-8-14/h2-11H,1H3. The molecule has 0 amide bonds. The quantitative estimate of drug-likeness (QED) is 0.736. The summed E-state index contributed by atoms with van der Waals surface area (Å²) in [6.45, 7) is 0. The van der Waals surface area contributed by atoms with Crippen LogP contribution in [-0.2, 0) is 0 Å². The minimum atomic E-state index is 0.375. The lowest BCUT2D eigenvalue weighted by Crippen LogP contribution is -2.00. The summed E-state index contributed by atoms with van der Waals surface area (Å²) < 4.78 is 7.17. The zero-order valence-electron chi connectivity index (χ0n) is 11.5. The van der Waals surface area contributed by atoms with Crippen LogP contribution in [0.4, 0.5) is 0 Å². The molecule has 1 aromatic heterocycles. The molecular formula is C17H13N3O. The van der Waals surface area contributed by atoms with Gasteiger partial charge >= 0.3 is 0 Å². The van der Waals surface area contributed by atoms with E-state index in [2.05, 4.69) is 11.2 Å². The van der Waals surface area contributed by atoms with Crippen molar-refractivity contribution in [2.45, 2.75) is 0 Å². The Morgan fingerprint density at radius 1 is 1.05 bits per heavy atom. The lowest BCUT2D eigenvalue weighted by atomic mass is 10.1. The number of nitriles is 1. The summed E-state index contributed by atoms with van der Waals surface area (Å²) in [5, 5.41) is 13.5. The molecular weight excluding hydrogens is 262 g/mol. The number of aromatic nitrogens is 2. The van der Waals surface area contributed by atoms with Gasteiger partial charge in [-0.3, -0.25) is 0 Å². The Bertz CT molecular complexity index is 800. The van der Waals surface area contributed by atoms with E-state index in [0.29, 0.717) is 5.69 Å². The van der Waals surface area contributed by atoms with E-state index in [-0.39, 0.29) is 0 Å². The van der Waals surface area contributed by atoms with Gasteiger partial charge in [0.1, 0.15) is 11.8 Å². The van der Waals surface area contributed by atoms with Crippen molar-refractivity contribution in [1.29, 1.82) is 5.26 Å². The fraction of sp³-hybridized carbons (Fsp3) is 0.0588. The van der Waals surface area contributed by atoms with E-state index in [1.165, 1.54) is 0 Å². The highest BCUT2D eigenvalue weighted by Crippen LogP contribution is 2.31. The van der Waals surface area contributed by atoms with Gasteiger partial charge in [-0.2, -0.15) is 10.4 Å². The predicted molar refractivity (Wildman–Crippen MR) is 80.3 cm³/mol. The van der Waals surface area contributed by atoms with Crippen LogP contribution in [0.25, 0.3) is 16.9 Å². The Labute approximate surface area is 122 Å². The molecule has 4 nitrogen and oxygen atoms in total. The van der Waals surface area contributed by atoms with Gasteiger partial charge in [-0.05, 0) is 24.3 Å². The van der Waals surface area contributed by atoms with E-state index < -0.39 is 0 Å². The van der Waals surface area contributed by atoms with E-state index in [1.54, 1.807) is 17.9 Å². The number of nitrogens with zero attached hydrogens (tertiary/aromatic N) is 3. The maximum atomic E-state index is 9.14. The molecule has 0 atom stereocenters. The number of hydrogen-bond donors (Lipinski definition) is 0. The van der Waals surface area contributed by atoms with E-state index in [9.17, 15) is 0 Å². The maximum absolute atomic E-state index is 9.14. The summed E-state index contributed by atoms with van der Waals surface area (Å²) in [6.07, 6.45) is 0. The first-order valence-electron chi connectivity index (χ1n) is 6.52. The van der Waals surface area contributed by atoms with Gasteiger partial charge in [0.15, 0.2) is 5.69 Å². The van der Waals surface area contributed by atoms with E-state index >= 15 is 0 Å². The minimum absolute atomic E-state index is 0.375. The number of benzene rings is 2. The monoisotopic (exact) mass is 275 g/mol. The normalized spacial score (nSPS) is 10.1. The summed E-state index contributed by atoms with van der Waals surface area (Å²) in [5.74, 6) is 0.749. The molecule has 4 heteroatoms. The van der Waals surface area contributed by atoms with Crippen molar-refractivity contribution in [2.75, 3.05) is 7.11 Å². The van der Waals surface area contributed by atoms with E-state index in [0.717, 1.165) is 22.7 Å².